The van der Waals surface area contributed by atoms with Crippen molar-refractivity contribution in [2.24, 2.45) is 15.8 Å². The number of hydrazone groups is 1. The summed E-state index contributed by atoms with van der Waals surface area (Å²) in [5.41, 5.74) is 23.8. The maximum Gasteiger partial charge on any atom is 0.264 e. The Kier molecular flexibility index (Phi) is 15.2. The zero-order valence-electron chi connectivity index (χ0n) is 31.4. The molecule has 0 fully saturated rings. The van der Waals surface area contributed by atoms with Crippen LogP contribution in [0.25, 0.3) is 22.5 Å². The molecule has 1 unspecified atom stereocenters. The van der Waals surface area contributed by atoms with Crippen LogP contribution in [0.5, 0.6) is 0 Å². The van der Waals surface area contributed by atoms with Gasteiger partial charge in [0.05, 0.1) is 29.2 Å². The Morgan fingerprint density at radius 1 is 0.630 bits per heavy atom. The minimum absolute atomic E-state index is 0.182. The number of hydrogen-bond acceptors (Lipinski definition) is 14. The number of nitrogens with zero attached hydrogens (tertiary/aromatic N) is 6. The average molecular weight is 774 g/mol. The van der Waals surface area contributed by atoms with Crippen LogP contribution in [0.1, 0.15) is 33.4 Å². The van der Waals surface area contributed by atoms with Crippen LogP contribution in [0.4, 0.5) is 5.95 Å². The van der Waals surface area contributed by atoms with Gasteiger partial charge >= 0.3 is 0 Å². The predicted molar refractivity (Wildman–Crippen MR) is 213 cm³/mol. The molecule has 286 valence electrons. The van der Waals surface area contributed by atoms with Crippen LogP contribution in [-0.4, -0.2) is 86.0 Å². The van der Waals surface area contributed by atoms with Crippen LogP contribution < -0.4 is 11.5 Å². The van der Waals surface area contributed by atoms with Gasteiger partial charge in [0.2, 0.25) is 5.95 Å². The molecule has 4 aromatic carbocycles. The molecule has 0 amide bonds. The number of benzene rings is 4. The Labute approximate surface area is 317 Å². The number of nitrogens with two attached hydrogens (primary N) is 2. The van der Waals surface area contributed by atoms with Gasteiger partial charge in [-0.2, -0.15) is 13.5 Å². The van der Waals surface area contributed by atoms with E-state index in [0.717, 1.165) is 58.4 Å². The summed E-state index contributed by atoms with van der Waals surface area (Å²) in [6.45, 7) is 8.25. The molecule has 4 N–H and O–H groups in total. The number of hydrogen-bond donors (Lipinski definition) is 2. The van der Waals surface area contributed by atoms with Crippen molar-refractivity contribution in [1.82, 2.24) is 20.2 Å². The topological polar surface area (TPSA) is 219 Å². The summed E-state index contributed by atoms with van der Waals surface area (Å²) in [7, 11) is -4.12. The molecule has 2 heterocycles. The fourth-order valence-corrected chi connectivity index (χ4v) is 4.53. The van der Waals surface area contributed by atoms with Gasteiger partial charge in [-0.05, 0) is 27.7 Å². The Morgan fingerprint density at radius 2 is 0.963 bits per heavy atom. The van der Waals surface area contributed by atoms with Crippen molar-refractivity contribution < 1.29 is 25.6 Å². The maximum absolute atomic E-state index is 9.78. The third kappa shape index (κ3) is 14.2. The third-order valence-electron chi connectivity index (χ3n) is 7.43. The number of aliphatic imine (C=N–C) groups is 1. The summed E-state index contributed by atoms with van der Waals surface area (Å²) in [5, 5.41) is 14.5. The number of nitrogen functional groups attached to an aromatic ring is 1. The lowest BCUT2D eigenvalue weighted by Crippen LogP contribution is -2.41. The van der Waals surface area contributed by atoms with E-state index in [1.165, 1.54) is 22.3 Å². The smallest absolute Gasteiger partial charge is 0.264 e. The first-order chi connectivity index (χ1) is 25.2. The number of anilines is 1. The second kappa shape index (κ2) is 19.1. The molecule has 0 aliphatic carbocycles. The molecular weight excluding hydrogens is 729 g/mol. The number of rotatable bonds is 5. The predicted octanol–water partition coefficient (Wildman–Crippen LogP) is 4.84. The Bertz CT molecular complexity index is 2210. The van der Waals surface area contributed by atoms with Crippen molar-refractivity contribution in [2.45, 2.75) is 34.0 Å². The van der Waals surface area contributed by atoms with Crippen molar-refractivity contribution in [1.29, 1.82) is 0 Å². The highest BCUT2D eigenvalue weighted by Crippen LogP contribution is 2.29. The van der Waals surface area contributed by atoms with E-state index < -0.39 is 26.5 Å². The molecule has 0 saturated carbocycles. The Balaban J connectivity index is 0.000000229. The summed E-state index contributed by atoms with van der Waals surface area (Å²) in [5.74, 6) is 0.182. The van der Waals surface area contributed by atoms with Crippen molar-refractivity contribution in [3.05, 3.63) is 130 Å². The van der Waals surface area contributed by atoms with Crippen molar-refractivity contribution >= 4 is 37.6 Å². The van der Waals surface area contributed by atoms with Gasteiger partial charge in [0.1, 0.15) is 17.1 Å². The SMILES string of the molecule is COS(C)(=O)=O.CS(=O)(=O)[O-].Cc1ccc(-c2nnc(N)nc2-c2ccc(C)cc2)cc1.Cc1ccc(C2=NC(N)N(C)N=C2c2ccc(C)cc2)cc1. The van der Waals surface area contributed by atoms with Crippen LogP contribution in [0.2, 0.25) is 0 Å². The van der Waals surface area contributed by atoms with Crippen LogP contribution >= 0.6 is 0 Å². The number of aryl methyl sites for hydroxylation is 4. The molecule has 54 heavy (non-hydrogen) atoms. The fourth-order valence-electron chi connectivity index (χ4n) is 4.53. The quantitative estimate of drug-likeness (QED) is 0.181. The van der Waals surface area contributed by atoms with E-state index in [2.05, 4.69) is 106 Å². The minimum atomic E-state index is -3.92. The lowest BCUT2D eigenvalue weighted by atomic mass is 9.98. The van der Waals surface area contributed by atoms with E-state index in [0.29, 0.717) is 6.26 Å². The zero-order chi connectivity index (χ0) is 40.2. The fraction of sp³-hybridized carbons (Fsp3) is 0.237. The summed E-state index contributed by atoms with van der Waals surface area (Å²) < 4.78 is 50.7. The van der Waals surface area contributed by atoms with E-state index in [1.807, 2.05) is 55.6 Å². The van der Waals surface area contributed by atoms with E-state index in [-0.39, 0.29) is 5.95 Å². The van der Waals surface area contributed by atoms with Crippen LogP contribution in [0.3, 0.4) is 0 Å². The standard InChI is InChI=1S/C18H20N4.C17H16N4.C2H6O3S.CH4O3S/c1-12-4-8-14(9-5-12)16-17(21-22(3)18(19)20-16)15-10-6-13(2)7-11-15;1-11-3-7-13(8-4-11)15-16(20-21-17(18)19-15)14-9-5-12(2)6-10-14;1-5-6(2,3)4;1-5(2,3)4/h4-11,18H,19H2,1-3H3;3-10H,1-2H3,(H2,18,19,21);1-2H3;1H3,(H,2,3,4)/p-1. The first kappa shape index (κ1) is 43.0. The molecule has 0 saturated heterocycles. The van der Waals surface area contributed by atoms with E-state index >= 15 is 0 Å². The van der Waals surface area contributed by atoms with Gasteiger partial charge in [0.25, 0.3) is 10.1 Å². The second-order valence-electron chi connectivity index (χ2n) is 12.3. The molecule has 1 aliphatic rings. The summed E-state index contributed by atoms with van der Waals surface area (Å²) >= 11 is 0. The van der Waals surface area contributed by atoms with Gasteiger partial charge < -0.3 is 10.3 Å². The molecule has 16 heteroatoms. The molecule has 1 atom stereocenters. The maximum atomic E-state index is 9.78. The van der Waals surface area contributed by atoms with Crippen LogP contribution in [0, 0.1) is 27.7 Å². The molecule has 14 nitrogen and oxygen atoms in total. The summed E-state index contributed by atoms with van der Waals surface area (Å²) in [4.78, 5) is 9.01. The van der Waals surface area contributed by atoms with Crippen molar-refractivity contribution in [3.8, 4) is 22.5 Å². The first-order valence-corrected chi connectivity index (χ1v) is 20.0. The molecule has 1 aromatic heterocycles. The molecule has 5 aromatic rings. The Hall–Kier alpha value is -5.39. The van der Waals surface area contributed by atoms with Gasteiger partial charge in [-0.3, -0.25) is 14.9 Å². The Morgan fingerprint density at radius 3 is 1.33 bits per heavy atom. The van der Waals surface area contributed by atoms with E-state index in [9.17, 15) is 8.42 Å². The van der Waals surface area contributed by atoms with Crippen LogP contribution in [-0.2, 0) is 24.4 Å². The average Bonchev–Trinajstić information content (AvgIpc) is 3.10. The van der Waals surface area contributed by atoms with E-state index in [4.69, 9.17) is 24.4 Å². The van der Waals surface area contributed by atoms with E-state index in [1.54, 1.807) is 5.01 Å². The lowest BCUT2D eigenvalue weighted by Gasteiger charge is -2.26. The highest BCUT2D eigenvalue weighted by Gasteiger charge is 2.22. The first-order valence-electron chi connectivity index (χ1n) is 16.3. The zero-order valence-corrected chi connectivity index (χ0v) is 33.1. The van der Waals surface area contributed by atoms with Gasteiger partial charge in [-0.15, -0.1) is 10.2 Å². The van der Waals surface area contributed by atoms with Crippen LogP contribution in [0.15, 0.2) is 107 Å². The van der Waals surface area contributed by atoms with Gasteiger partial charge in [0.15, 0.2) is 6.29 Å². The normalized spacial score (nSPS) is 13.8. The molecule has 6 rings (SSSR count). The van der Waals surface area contributed by atoms with Gasteiger partial charge in [0, 0.05) is 35.6 Å². The molecule has 0 radical (unpaired) electrons. The molecule has 0 bridgehead atoms. The molecule has 0 spiro atoms. The monoisotopic (exact) mass is 773 g/mol. The number of aromatic nitrogens is 3. The third-order valence-corrected chi connectivity index (χ3v) is 8.04. The van der Waals surface area contributed by atoms with Crippen molar-refractivity contribution in [2.75, 3.05) is 32.4 Å². The highest BCUT2D eigenvalue weighted by atomic mass is 32.2. The summed E-state index contributed by atoms with van der Waals surface area (Å²) in [6, 6.07) is 32.9. The highest BCUT2D eigenvalue weighted by molar-refractivity contribution is 7.86. The second-order valence-corrected chi connectivity index (χ2v) is 15.5. The lowest BCUT2D eigenvalue weighted by molar-refractivity contribution is 0.264. The molecule has 1 aliphatic heterocycles. The molecular formula is C38H45N8O6S2-. The van der Waals surface area contributed by atoms with Gasteiger partial charge in [-0.25, -0.2) is 18.4 Å². The van der Waals surface area contributed by atoms with Crippen molar-refractivity contribution in [3.63, 3.8) is 0 Å². The largest absolute Gasteiger partial charge is 0.748 e. The van der Waals surface area contributed by atoms with Gasteiger partial charge in [-0.1, -0.05) is 119 Å². The minimum Gasteiger partial charge on any atom is -0.748 e. The summed E-state index contributed by atoms with van der Waals surface area (Å²) in [6.07, 6.45) is 1.14.